The minimum Gasteiger partial charge on any atom is -0.489 e. The highest BCUT2D eigenvalue weighted by molar-refractivity contribution is 6.31. The van der Waals surface area contributed by atoms with Crippen LogP contribution in [0, 0.1) is 28.1 Å². The third kappa shape index (κ3) is 8.60. The summed E-state index contributed by atoms with van der Waals surface area (Å²) in [6.07, 6.45) is 6.62. The summed E-state index contributed by atoms with van der Waals surface area (Å²) in [5.74, 6) is 1.07. The smallest absolute Gasteiger partial charge is 0.274 e. The van der Waals surface area contributed by atoms with Gasteiger partial charge < -0.3 is 19.9 Å². The number of halogens is 1. The van der Waals surface area contributed by atoms with Gasteiger partial charge in [-0.1, -0.05) is 39.3 Å². The van der Waals surface area contributed by atoms with Crippen molar-refractivity contribution in [1.82, 2.24) is 35.3 Å². The summed E-state index contributed by atoms with van der Waals surface area (Å²) < 4.78 is 7.77. The van der Waals surface area contributed by atoms with Gasteiger partial charge in [0.25, 0.3) is 11.5 Å². The lowest BCUT2D eigenvalue weighted by molar-refractivity contribution is -0.164. The van der Waals surface area contributed by atoms with Crippen LogP contribution in [0.1, 0.15) is 75.8 Å². The summed E-state index contributed by atoms with van der Waals surface area (Å²) in [6.45, 7) is 16.4. The van der Waals surface area contributed by atoms with Crippen molar-refractivity contribution in [2.45, 2.75) is 72.1 Å². The number of carbonyl (C=O) groups is 3. The number of imide groups is 1. The lowest BCUT2D eigenvalue weighted by Gasteiger charge is -2.63. The zero-order chi connectivity index (χ0) is 42.1. The Morgan fingerprint density at radius 1 is 1.02 bits per heavy atom. The molecule has 16 heteroatoms. The molecule has 2 N–H and O–H groups in total. The summed E-state index contributed by atoms with van der Waals surface area (Å²) in [6, 6.07) is 12.5. The highest BCUT2D eigenvalue weighted by Gasteiger charge is 2.64. The average molecular weight is 823 g/mol. The molecule has 3 amide bonds. The van der Waals surface area contributed by atoms with Crippen molar-refractivity contribution < 1.29 is 19.1 Å². The van der Waals surface area contributed by atoms with Crippen molar-refractivity contribution in [3.63, 3.8) is 0 Å². The number of ether oxygens (including phenoxy) is 1. The lowest BCUT2D eigenvalue weighted by atomic mass is 9.49. The number of anilines is 2. The van der Waals surface area contributed by atoms with Gasteiger partial charge in [0.2, 0.25) is 18.3 Å². The van der Waals surface area contributed by atoms with Gasteiger partial charge in [0, 0.05) is 98.6 Å². The highest BCUT2D eigenvalue weighted by Crippen LogP contribution is 2.55. The van der Waals surface area contributed by atoms with Gasteiger partial charge in [0.1, 0.15) is 17.9 Å². The first kappa shape index (κ1) is 41.6. The molecule has 15 nitrogen and oxygen atoms in total. The fraction of sp³-hybridized carbons (Fsp3) is 0.488. The maximum absolute atomic E-state index is 13.4. The van der Waals surface area contributed by atoms with Crippen molar-refractivity contribution in [1.29, 1.82) is 5.26 Å². The van der Waals surface area contributed by atoms with Crippen LogP contribution in [0.4, 0.5) is 11.6 Å². The predicted octanol–water partition coefficient (Wildman–Crippen LogP) is 4.59. The van der Waals surface area contributed by atoms with Gasteiger partial charge in [-0.2, -0.15) is 10.4 Å². The summed E-state index contributed by atoms with van der Waals surface area (Å²) >= 11 is 6.25. The Hall–Kier alpha value is -5.59. The van der Waals surface area contributed by atoms with Crippen LogP contribution >= 0.6 is 11.6 Å². The highest BCUT2D eigenvalue weighted by atomic mass is 35.5. The lowest BCUT2D eigenvalue weighted by Crippen LogP contribution is -2.74. The summed E-state index contributed by atoms with van der Waals surface area (Å²) in [7, 11) is 0. The molecule has 59 heavy (non-hydrogen) atoms. The van der Waals surface area contributed by atoms with E-state index in [1.54, 1.807) is 36.8 Å². The Morgan fingerprint density at radius 3 is 2.42 bits per heavy atom. The number of carbonyl (C=O) groups excluding carboxylic acids is 3. The number of aromatic nitrogens is 4. The molecule has 2 aliphatic heterocycles. The second-order valence-corrected chi connectivity index (χ2v) is 17.6. The molecule has 4 heterocycles. The Bertz CT molecular complexity index is 2300. The molecule has 7 rings (SSSR count). The van der Waals surface area contributed by atoms with Gasteiger partial charge in [-0.25, -0.2) is 14.6 Å². The third-order valence-corrected chi connectivity index (χ3v) is 12.7. The molecule has 3 aliphatic rings. The second-order valence-electron chi connectivity index (χ2n) is 17.2. The van der Waals surface area contributed by atoms with Gasteiger partial charge in [-0.15, -0.1) is 0 Å². The molecule has 0 radical (unpaired) electrons. The first-order valence-corrected chi connectivity index (χ1v) is 20.5. The minimum atomic E-state index is -0.387. The number of hydrogen-bond donors (Lipinski definition) is 2. The number of nitriles is 1. The van der Waals surface area contributed by atoms with Crippen LogP contribution in [0.2, 0.25) is 5.02 Å². The predicted molar refractivity (Wildman–Crippen MR) is 225 cm³/mol. The Kier molecular flexibility index (Phi) is 11.9. The minimum absolute atomic E-state index is 0.124. The van der Waals surface area contributed by atoms with E-state index >= 15 is 0 Å². The molecule has 310 valence electrons. The van der Waals surface area contributed by atoms with Gasteiger partial charge in [-0.3, -0.25) is 29.4 Å². The molecule has 4 aromatic rings. The van der Waals surface area contributed by atoms with Crippen LogP contribution in [0.5, 0.6) is 5.75 Å². The molecule has 2 atom stereocenters. The fourth-order valence-electron chi connectivity index (χ4n) is 9.39. The van der Waals surface area contributed by atoms with E-state index in [2.05, 4.69) is 74.2 Å². The Morgan fingerprint density at radius 2 is 1.75 bits per heavy atom. The van der Waals surface area contributed by atoms with Crippen molar-refractivity contribution in [2.75, 3.05) is 55.6 Å². The standard InChI is InChI=1S/C43H51ClN10O5/c1-27(6-11-36(56)48-26-55)54-38(58)34-10-8-32(18-30(34)23-49-54)52-16-14-51(15-17-52)24-28-12-13-53(25-28)41-46-21-31(22-47-41)37(57)50-39-42(2,3)40(43(39,4)5)59-33-9-7-29(20-45)35(44)19-33/h7-10,18-19,21-23,26-28,39-40H,6,11-17,24-25H2,1-5H3,(H,50,57)(H,48,55,56). The molecule has 3 fully saturated rings. The van der Waals surface area contributed by atoms with Gasteiger partial charge in [0.15, 0.2) is 0 Å². The first-order chi connectivity index (χ1) is 28.2. The zero-order valence-electron chi connectivity index (χ0n) is 34.2. The zero-order valence-corrected chi connectivity index (χ0v) is 34.9. The number of piperazine rings is 1. The van der Waals surface area contributed by atoms with E-state index in [0.717, 1.165) is 63.3 Å². The van der Waals surface area contributed by atoms with Crippen molar-refractivity contribution >= 4 is 52.2 Å². The normalized spacial score (nSPS) is 21.6. The molecule has 2 aromatic heterocycles. The molecule has 0 spiro atoms. The number of benzene rings is 2. The topological polar surface area (TPSA) is 179 Å². The molecular formula is C43H51ClN10O5. The molecule has 1 saturated carbocycles. The van der Waals surface area contributed by atoms with Crippen LogP contribution in [0.3, 0.4) is 0 Å². The molecule has 1 aliphatic carbocycles. The number of nitrogens with one attached hydrogen (secondary N) is 2. The van der Waals surface area contributed by atoms with E-state index in [4.69, 9.17) is 16.3 Å². The Balaban J connectivity index is 0.874. The molecule has 2 unspecified atom stereocenters. The van der Waals surface area contributed by atoms with E-state index in [1.807, 2.05) is 25.1 Å². The van der Waals surface area contributed by atoms with Crippen LogP contribution in [-0.4, -0.2) is 101 Å². The summed E-state index contributed by atoms with van der Waals surface area (Å²) in [4.78, 5) is 65.1. The summed E-state index contributed by atoms with van der Waals surface area (Å²) in [5.41, 5.74) is 0.875. The largest absolute Gasteiger partial charge is 0.489 e. The number of rotatable bonds is 13. The maximum atomic E-state index is 13.4. The van der Waals surface area contributed by atoms with Gasteiger partial charge in [-0.05, 0) is 56.0 Å². The molecule has 2 aromatic carbocycles. The number of nitrogens with zero attached hydrogens (tertiary/aromatic N) is 8. The van der Waals surface area contributed by atoms with Crippen LogP contribution in [0.25, 0.3) is 10.8 Å². The third-order valence-electron chi connectivity index (χ3n) is 12.4. The van der Waals surface area contributed by atoms with E-state index in [9.17, 15) is 24.4 Å². The second kappa shape index (κ2) is 16.9. The Labute approximate surface area is 348 Å². The van der Waals surface area contributed by atoms with Crippen LogP contribution in [0.15, 0.2) is 59.8 Å². The maximum Gasteiger partial charge on any atom is 0.274 e. The SMILES string of the molecule is CC(CCC(=O)NC=O)n1ncc2cc(N3CCN(CC4CCN(c5ncc(C(=O)NC6C(C)(C)C(Oc7ccc(C#N)c(Cl)c7)C6(C)C)cn5)C4)CC3)ccc2c1=O. The van der Waals surface area contributed by atoms with Crippen LogP contribution < -0.4 is 30.7 Å². The molecule has 0 bridgehead atoms. The average Bonchev–Trinajstić information content (AvgIpc) is 3.69. The quantitative estimate of drug-likeness (QED) is 0.180. The number of fused-ring (bicyclic) bond motifs is 1. The van der Waals surface area contributed by atoms with Gasteiger partial charge >= 0.3 is 0 Å². The van der Waals surface area contributed by atoms with E-state index in [-0.39, 0.29) is 52.8 Å². The number of hydrogen-bond acceptors (Lipinski definition) is 12. The molecule has 2 saturated heterocycles. The first-order valence-electron chi connectivity index (χ1n) is 20.2. The van der Waals surface area contributed by atoms with Crippen molar-refractivity contribution in [3.05, 3.63) is 81.5 Å². The van der Waals surface area contributed by atoms with E-state index < -0.39 is 0 Å². The van der Waals surface area contributed by atoms with E-state index in [1.165, 1.54) is 4.68 Å². The summed E-state index contributed by atoms with van der Waals surface area (Å²) in [5, 5.41) is 20.6. The van der Waals surface area contributed by atoms with Crippen LogP contribution in [-0.2, 0) is 9.59 Å². The molecular weight excluding hydrogens is 772 g/mol. The van der Waals surface area contributed by atoms with Crippen molar-refractivity contribution in [2.24, 2.45) is 16.7 Å². The number of amides is 3. The monoisotopic (exact) mass is 822 g/mol. The fourth-order valence-corrected chi connectivity index (χ4v) is 9.60. The van der Waals surface area contributed by atoms with Crippen molar-refractivity contribution in [3.8, 4) is 11.8 Å². The van der Waals surface area contributed by atoms with Gasteiger partial charge in [0.05, 0.1) is 33.8 Å². The van der Waals surface area contributed by atoms with E-state index in [0.29, 0.717) is 52.0 Å².